The highest BCUT2D eigenvalue weighted by atomic mass is 15.2. The predicted molar refractivity (Wildman–Crippen MR) is 133 cm³/mol. The van der Waals surface area contributed by atoms with E-state index in [2.05, 4.69) is 64.2 Å². The summed E-state index contributed by atoms with van der Waals surface area (Å²) in [6.45, 7) is 8.22. The zero-order valence-corrected chi connectivity index (χ0v) is 19.8. The van der Waals surface area contributed by atoms with Crippen LogP contribution in [0.1, 0.15) is 37.7 Å². The summed E-state index contributed by atoms with van der Waals surface area (Å²) in [6, 6.07) is 9.60. The number of aromatic nitrogens is 2. The van der Waals surface area contributed by atoms with Crippen LogP contribution < -0.4 is 9.80 Å². The van der Waals surface area contributed by atoms with Crippen LogP contribution in [0.3, 0.4) is 0 Å². The molecule has 0 bridgehead atoms. The predicted octanol–water partition coefficient (Wildman–Crippen LogP) is 3.52. The molecule has 0 spiro atoms. The lowest BCUT2D eigenvalue weighted by Gasteiger charge is -2.36. The quantitative estimate of drug-likeness (QED) is 0.664. The second kappa shape index (κ2) is 9.75. The SMILES string of the molecule is CN(C)C1CCN(c2ccc(-c3ncc4c(n3)N(CCCN3CCCC3)CC4)cc2)CC1. The second-order valence-electron chi connectivity index (χ2n) is 9.91. The van der Waals surface area contributed by atoms with Crippen LogP contribution in [-0.2, 0) is 6.42 Å². The van der Waals surface area contributed by atoms with Gasteiger partial charge in [0.2, 0.25) is 0 Å². The van der Waals surface area contributed by atoms with Crippen molar-refractivity contribution in [2.45, 2.75) is 44.6 Å². The van der Waals surface area contributed by atoms with Gasteiger partial charge in [-0.1, -0.05) is 0 Å². The fourth-order valence-electron chi connectivity index (χ4n) is 5.52. The summed E-state index contributed by atoms with van der Waals surface area (Å²) >= 11 is 0. The molecule has 0 radical (unpaired) electrons. The molecule has 172 valence electrons. The Labute approximate surface area is 193 Å². The van der Waals surface area contributed by atoms with E-state index < -0.39 is 0 Å². The van der Waals surface area contributed by atoms with E-state index in [1.807, 2.05) is 0 Å². The topological polar surface area (TPSA) is 38.7 Å². The van der Waals surface area contributed by atoms with Crippen LogP contribution in [0.15, 0.2) is 30.5 Å². The number of hydrogen-bond donors (Lipinski definition) is 0. The number of hydrogen-bond acceptors (Lipinski definition) is 6. The van der Waals surface area contributed by atoms with Gasteiger partial charge in [-0.2, -0.15) is 0 Å². The summed E-state index contributed by atoms with van der Waals surface area (Å²) in [6.07, 6.45) is 9.55. The van der Waals surface area contributed by atoms with Gasteiger partial charge < -0.3 is 19.6 Å². The first kappa shape index (κ1) is 21.7. The molecule has 1 aromatic heterocycles. The average Bonchev–Trinajstić information content (AvgIpc) is 3.49. The van der Waals surface area contributed by atoms with E-state index in [1.54, 1.807) is 0 Å². The molecule has 2 fully saturated rings. The summed E-state index contributed by atoms with van der Waals surface area (Å²) in [7, 11) is 4.39. The van der Waals surface area contributed by atoms with Gasteiger partial charge in [-0.3, -0.25) is 0 Å². The molecule has 2 aromatic rings. The molecule has 2 saturated heterocycles. The molecule has 3 aliphatic heterocycles. The van der Waals surface area contributed by atoms with Crippen molar-refractivity contribution in [1.29, 1.82) is 0 Å². The van der Waals surface area contributed by atoms with Gasteiger partial charge in [0, 0.05) is 55.2 Å². The summed E-state index contributed by atoms with van der Waals surface area (Å²) in [4.78, 5) is 19.7. The summed E-state index contributed by atoms with van der Waals surface area (Å²) < 4.78 is 0. The number of likely N-dealkylation sites (tertiary alicyclic amines) is 1. The van der Waals surface area contributed by atoms with Crippen molar-refractivity contribution in [3.8, 4) is 11.4 Å². The minimum atomic E-state index is 0.712. The normalized spacial score (nSPS) is 19.8. The van der Waals surface area contributed by atoms with E-state index >= 15 is 0 Å². The average molecular weight is 435 g/mol. The number of piperidine rings is 1. The monoisotopic (exact) mass is 434 g/mol. The second-order valence-corrected chi connectivity index (χ2v) is 9.91. The Bertz CT molecular complexity index is 882. The number of nitrogens with zero attached hydrogens (tertiary/aromatic N) is 6. The highest BCUT2D eigenvalue weighted by Gasteiger charge is 2.23. The van der Waals surface area contributed by atoms with Crippen LogP contribution >= 0.6 is 0 Å². The van der Waals surface area contributed by atoms with Crippen molar-refractivity contribution in [3.63, 3.8) is 0 Å². The lowest BCUT2D eigenvalue weighted by atomic mass is 10.0. The third kappa shape index (κ3) is 4.76. The van der Waals surface area contributed by atoms with Crippen LogP contribution in [0.25, 0.3) is 11.4 Å². The summed E-state index contributed by atoms with van der Waals surface area (Å²) in [5.41, 5.74) is 3.73. The van der Waals surface area contributed by atoms with Crippen molar-refractivity contribution >= 4 is 11.5 Å². The first-order chi connectivity index (χ1) is 15.7. The molecule has 0 atom stereocenters. The maximum atomic E-state index is 5.01. The maximum absolute atomic E-state index is 5.01. The van der Waals surface area contributed by atoms with Gasteiger partial charge in [-0.05, 0) is 96.5 Å². The largest absolute Gasteiger partial charge is 0.371 e. The Hall–Kier alpha value is -2.18. The molecule has 0 saturated carbocycles. The Balaban J connectivity index is 1.22. The minimum Gasteiger partial charge on any atom is -0.371 e. The first-order valence-corrected chi connectivity index (χ1v) is 12.5. The molecule has 6 nitrogen and oxygen atoms in total. The van der Waals surface area contributed by atoms with Crippen LogP contribution in [-0.4, -0.2) is 85.7 Å². The fourth-order valence-corrected chi connectivity index (χ4v) is 5.52. The maximum Gasteiger partial charge on any atom is 0.161 e. The molecular weight excluding hydrogens is 396 g/mol. The van der Waals surface area contributed by atoms with Crippen molar-refractivity contribution in [2.24, 2.45) is 0 Å². The van der Waals surface area contributed by atoms with E-state index in [-0.39, 0.29) is 0 Å². The number of anilines is 2. The van der Waals surface area contributed by atoms with E-state index in [4.69, 9.17) is 9.97 Å². The molecule has 0 amide bonds. The molecule has 6 heteroatoms. The van der Waals surface area contributed by atoms with Crippen LogP contribution in [0.2, 0.25) is 0 Å². The summed E-state index contributed by atoms with van der Waals surface area (Å²) in [5.74, 6) is 2.01. The molecule has 5 rings (SSSR count). The molecule has 0 N–H and O–H groups in total. The molecule has 32 heavy (non-hydrogen) atoms. The van der Waals surface area contributed by atoms with Gasteiger partial charge >= 0.3 is 0 Å². The van der Waals surface area contributed by atoms with Gasteiger partial charge in [0.1, 0.15) is 5.82 Å². The van der Waals surface area contributed by atoms with Crippen molar-refractivity contribution in [2.75, 3.05) is 69.7 Å². The lowest BCUT2D eigenvalue weighted by molar-refractivity contribution is 0.249. The third-order valence-corrected chi connectivity index (χ3v) is 7.58. The van der Waals surface area contributed by atoms with Crippen LogP contribution in [0.4, 0.5) is 11.5 Å². The van der Waals surface area contributed by atoms with Crippen LogP contribution in [0, 0.1) is 0 Å². The summed E-state index contributed by atoms with van der Waals surface area (Å²) in [5, 5.41) is 0. The number of benzene rings is 1. The molecular formula is C26H38N6. The Morgan fingerprint density at radius 1 is 0.938 bits per heavy atom. The smallest absolute Gasteiger partial charge is 0.161 e. The van der Waals surface area contributed by atoms with Crippen LogP contribution in [0.5, 0.6) is 0 Å². The van der Waals surface area contributed by atoms with E-state index in [0.717, 1.165) is 49.8 Å². The fraction of sp³-hybridized carbons (Fsp3) is 0.615. The van der Waals surface area contributed by atoms with Crippen molar-refractivity contribution < 1.29 is 0 Å². The Kier molecular flexibility index (Phi) is 6.60. The molecule has 1 aromatic carbocycles. The molecule has 0 aliphatic carbocycles. The zero-order chi connectivity index (χ0) is 21.9. The van der Waals surface area contributed by atoms with E-state index in [1.165, 1.54) is 63.0 Å². The lowest BCUT2D eigenvalue weighted by Crippen LogP contribution is -2.41. The number of rotatable bonds is 7. The van der Waals surface area contributed by atoms with E-state index in [0.29, 0.717) is 6.04 Å². The van der Waals surface area contributed by atoms with Crippen molar-refractivity contribution in [1.82, 2.24) is 19.8 Å². The van der Waals surface area contributed by atoms with Gasteiger partial charge in [0.15, 0.2) is 5.82 Å². The van der Waals surface area contributed by atoms with Gasteiger partial charge in [0.25, 0.3) is 0 Å². The van der Waals surface area contributed by atoms with Gasteiger partial charge in [-0.15, -0.1) is 0 Å². The van der Waals surface area contributed by atoms with Gasteiger partial charge in [-0.25, -0.2) is 9.97 Å². The molecule has 3 aliphatic rings. The standard InChI is InChI=1S/C26H38N6/c1-29(2)23-11-18-31(19-12-23)24-8-6-21(7-9-24)25-27-20-22-10-17-32(26(22)28-25)16-5-15-30-13-3-4-14-30/h6-9,20,23H,3-5,10-19H2,1-2H3. The highest BCUT2D eigenvalue weighted by molar-refractivity contribution is 5.63. The minimum absolute atomic E-state index is 0.712. The molecule has 4 heterocycles. The van der Waals surface area contributed by atoms with Gasteiger partial charge in [0.05, 0.1) is 0 Å². The van der Waals surface area contributed by atoms with Crippen molar-refractivity contribution in [3.05, 3.63) is 36.0 Å². The first-order valence-electron chi connectivity index (χ1n) is 12.5. The number of fused-ring (bicyclic) bond motifs is 1. The highest BCUT2D eigenvalue weighted by Crippen LogP contribution is 2.29. The third-order valence-electron chi connectivity index (χ3n) is 7.58. The Morgan fingerprint density at radius 3 is 2.41 bits per heavy atom. The molecule has 0 unspecified atom stereocenters. The Morgan fingerprint density at radius 2 is 1.69 bits per heavy atom. The van der Waals surface area contributed by atoms with E-state index in [9.17, 15) is 0 Å². The zero-order valence-electron chi connectivity index (χ0n) is 19.8.